The summed E-state index contributed by atoms with van der Waals surface area (Å²) >= 11 is 0. The molecule has 1 heterocycles. The molecular formula is C16H21N2O2+. The Morgan fingerprint density at radius 3 is 2.90 bits per heavy atom. The lowest BCUT2D eigenvalue weighted by molar-refractivity contribution is -0.720. The minimum Gasteiger partial charge on any atom is -0.459 e. The van der Waals surface area contributed by atoms with Gasteiger partial charge in [0.1, 0.15) is 18.8 Å². The predicted molar refractivity (Wildman–Crippen MR) is 77.6 cm³/mol. The molecule has 3 rings (SSSR count). The molecule has 1 saturated carbocycles. The maximum Gasteiger partial charge on any atom is 0.309 e. The third kappa shape index (κ3) is 2.90. The number of fused-ring (bicyclic) bond motifs is 1. The first kappa shape index (κ1) is 13.3. The van der Waals surface area contributed by atoms with E-state index in [0.29, 0.717) is 6.61 Å². The summed E-state index contributed by atoms with van der Waals surface area (Å²) in [6.07, 6.45) is 7.47. The van der Waals surface area contributed by atoms with E-state index in [9.17, 15) is 4.79 Å². The van der Waals surface area contributed by atoms with E-state index in [0.717, 1.165) is 42.8 Å². The molecular weight excluding hydrogens is 252 g/mol. The number of benzene rings is 1. The molecule has 1 unspecified atom stereocenters. The highest BCUT2D eigenvalue weighted by Crippen LogP contribution is 2.24. The van der Waals surface area contributed by atoms with Crippen molar-refractivity contribution in [1.82, 2.24) is 0 Å². The fraction of sp³-hybridized carbons (Fsp3) is 0.500. The molecule has 1 fully saturated rings. The Morgan fingerprint density at radius 1 is 1.25 bits per heavy atom. The van der Waals surface area contributed by atoms with Crippen LogP contribution < -0.4 is 4.90 Å². The summed E-state index contributed by atoms with van der Waals surface area (Å²) in [6, 6.07) is 8.08. The van der Waals surface area contributed by atoms with Crippen molar-refractivity contribution in [2.45, 2.75) is 32.1 Å². The van der Waals surface area contributed by atoms with E-state index in [1.807, 2.05) is 24.5 Å². The van der Waals surface area contributed by atoms with Crippen molar-refractivity contribution in [1.29, 1.82) is 0 Å². The Morgan fingerprint density at radius 2 is 2.05 bits per heavy atom. The van der Waals surface area contributed by atoms with Gasteiger partial charge in [0.25, 0.3) is 0 Å². The first-order valence-electron chi connectivity index (χ1n) is 7.50. The summed E-state index contributed by atoms with van der Waals surface area (Å²) in [4.78, 5) is 17.5. The summed E-state index contributed by atoms with van der Waals surface area (Å²) in [7, 11) is 0. The summed E-state index contributed by atoms with van der Waals surface area (Å²) in [5.41, 5.74) is 2.18. The zero-order valence-corrected chi connectivity index (χ0v) is 11.7. The maximum atomic E-state index is 12.0. The van der Waals surface area contributed by atoms with Crippen LogP contribution in [0.15, 0.2) is 29.3 Å². The number of rotatable bonds is 4. The quantitative estimate of drug-likeness (QED) is 0.853. The van der Waals surface area contributed by atoms with Gasteiger partial charge in [0.05, 0.1) is 5.92 Å². The number of hydrogen-bond donors (Lipinski definition) is 1. The van der Waals surface area contributed by atoms with E-state index in [1.165, 1.54) is 12.1 Å². The van der Waals surface area contributed by atoms with E-state index in [2.05, 4.69) is 11.1 Å². The van der Waals surface area contributed by atoms with E-state index in [1.54, 1.807) is 0 Å². The number of ether oxygens (including phenoxy) is 1. The van der Waals surface area contributed by atoms with Gasteiger partial charge in [0, 0.05) is 6.07 Å². The van der Waals surface area contributed by atoms with Crippen LogP contribution in [0.5, 0.6) is 0 Å². The molecule has 0 aromatic heterocycles. The second-order valence-electron chi connectivity index (χ2n) is 5.55. The second kappa shape index (κ2) is 6.18. The maximum absolute atomic E-state index is 12.0. The number of aliphatic imine (C=N–C) groups is 1. The van der Waals surface area contributed by atoms with Gasteiger partial charge in [-0.1, -0.05) is 31.4 Å². The molecule has 1 aliphatic carbocycles. The van der Waals surface area contributed by atoms with Crippen LogP contribution in [-0.4, -0.2) is 25.5 Å². The van der Waals surface area contributed by atoms with Crippen LogP contribution in [0.4, 0.5) is 11.4 Å². The van der Waals surface area contributed by atoms with Crippen molar-refractivity contribution in [3.63, 3.8) is 0 Å². The van der Waals surface area contributed by atoms with Gasteiger partial charge in [-0.2, -0.15) is 4.99 Å². The zero-order valence-electron chi connectivity index (χ0n) is 11.7. The molecule has 4 nitrogen and oxygen atoms in total. The predicted octanol–water partition coefficient (Wildman–Crippen LogP) is 2.00. The highest BCUT2D eigenvalue weighted by molar-refractivity contribution is 5.73. The van der Waals surface area contributed by atoms with E-state index in [4.69, 9.17) is 4.74 Å². The average molecular weight is 273 g/mol. The molecule has 2 aliphatic rings. The SMILES string of the molecule is O=C(OCC[NH+]1C=Nc2ccccc21)C1CCCCC1. The largest absolute Gasteiger partial charge is 0.459 e. The van der Waals surface area contributed by atoms with Gasteiger partial charge in [-0.05, 0) is 18.9 Å². The molecule has 106 valence electrons. The Labute approximate surface area is 119 Å². The molecule has 0 spiro atoms. The lowest BCUT2D eigenvalue weighted by atomic mass is 9.89. The third-order valence-corrected chi connectivity index (χ3v) is 4.16. The topological polar surface area (TPSA) is 43.1 Å². The van der Waals surface area contributed by atoms with E-state index in [-0.39, 0.29) is 11.9 Å². The normalized spacial score (nSPS) is 21.7. The number of hydrogen-bond acceptors (Lipinski definition) is 3. The average Bonchev–Trinajstić information content (AvgIpc) is 2.92. The molecule has 0 bridgehead atoms. The summed E-state index contributed by atoms with van der Waals surface area (Å²) in [6.45, 7) is 1.21. The van der Waals surface area contributed by atoms with Gasteiger partial charge < -0.3 is 4.74 Å². The molecule has 20 heavy (non-hydrogen) atoms. The monoisotopic (exact) mass is 273 g/mol. The Kier molecular flexibility index (Phi) is 4.11. The number of para-hydroxylation sites is 2. The molecule has 0 saturated heterocycles. The van der Waals surface area contributed by atoms with Crippen LogP contribution in [0, 0.1) is 5.92 Å². The van der Waals surface area contributed by atoms with E-state index >= 15 is 0 Å². The second-order valence-corrected chi connectivity index (χ2v) is 5.55. The van der Waals surface area contributed by atoms with Gasteiger partial charge in [-0.3, -0.25) is 9.69 Å². The molecule has 1 aromatic rings. The summed E-state index contributed by atoms with van der Waals surface area (Å²) < 4.78 is 5.44. The zero-order chi connectivity index (χ0) is 13.8. The molecule has 1 atom stereocenters. The fourth-order valence-electron chi connectivity index (χ4n) is 2.99. The molecule has 0 radical (unpaired) electrons. The standard InChI is InChI=1S/C16H20N2O2/c19-16(13-6-2-1-3-7-13)20-11-10-18-12-17-14-8-4-5-9-15(14)18/h4-5,8-9,12-13H,1-3,6-7,10-11H2/p+1. The van der Waals surface area contributed by atoms with Crippen LogP contribution in [-0.2, 0) is 9.53 Å². The molecule has 0 amide bonds. The van der Waals surface area contributed by atoms with Crippen molar-refractivity contribution in [3.05, 3.63) is 24.3 Å². The number of nitrogens with one attached hydrogen (secondary N) is 1. The van der Waals surface area contributed by atoms with Gasteiger partial charge in [0.15, 0.2) is 12.0 Å². The van der Waals surface area contributed by atoms with Crippen molar-refractivity contribution in [2.75, 3.05) is 13.2 Å². The van der Waals surface area contributed by atoms with Crippen molar-refractivity contribution in [3.8, 4) is 0 Å². The van der Waals surface area contributed by atoms with E-state index < -0.39 is 0 Å². The summed E-state index contributed by atoms with van der Waals surface area (Å²) in [5, 5.41) is 0. The minimum atomic E-state index is -0.00600. The molecule has 1 aliphatic heterocycles. The number of nitrogens with zero attached hydrogens (tertiary/aromatic N) is 1. The fourth-order valence-corrected chi connectivity index (χ4v) is 2.99. The Balaban J connectivity index is 1.47. The van der Waals surface area contributed by atoms with Crippen LogP contribution in [0.2, 0.25) is 0 Å². The van der Waals surface area contributed by atoms with Crippen molar-refractivity contribution < 1.29 is 14.4 Å². The van der Waals surface area contributed by atoms with Crippen LogP contribution >= 0.6 is 0 Å². The number of esters is 1. The van der Waals surface area contributed by atoms with Gasteiger partial charge in [0.2, 0.25) is 0 Å². The molecule has 1 N–H and O–H groups in total. The molecule has 4 heteroatoms. The minimum absolute atomic E-state index is 0.00600. The molecule has 1 aromatic carbocycles. The van der Waals surface area contributed by atoms with Gasteiger partial charge >= 0.3 is 5.97 Å². The lowest BCUT2D eigenvalue weighted by Crippen LogP contribution is -3.05. The number of carbonyl (C=O) groups is 1. The van der Waals surface area contributed by atoms with Crippen LogP contribution in [0.1, 0.15) is 32.1 Å². The van der Waals surface area contributed by atoms with Crippen LogP contribution in [0.25, 0.3) is 0 Å². The van der Waals surface area contributed by atoms with Gasteiger partial charge in [-0.15, -0.1) is 0 Å². The third-order valence-electron chi connectivity index (χ3n) is 4.16. The van der Waals surface area contributed by atoms with Gasteiger partial charge in [-0.25, -0.2) is 0 Å². The Hall–Kier alpha value is -1.68. The lowest BCUT2D eigenvalue weighted by Gasteiger charge is -2.20. The Bertz CT molecular complexity index is 507. The van der Waals surface area contributed by atoms with Crippen molar-refractivity contribution >= 4 is 23.7 Å². The number of quaternary nitrogens is 1. The van der Waals surface area contributed by atoms with Crippen molar-refractivity contribution in [2.24, 2.45) is 10.9 Å². The first-order valence-corrected chi connectivity index (χ1v) is 7.50. The summed E-state index contributed by atoms with van der Waals surface area (Å²) in [5.74, 6) is 0.131. The highest BCUT2D eigenvalue weighted by Gasteiger charge is 2.24. The number of carbonyl (C=O) groups excluding carboxylic acids is 1. The highest BCUT2D eigenvalue weighted by atomic mass is 16.5. The first-order chi connectivity index (χ1) is 9.84. The van der Waals surface area contributed by atoms with Crippen LogP contribution in [0.3, 0.4) is 0 Å². The smallest absolute Gasteiger partial charge is 0.309 e.